The third-order valence-corrected chi connectivity index (χ3v) is 24.6. The minimum absolute atomic E-state index is 0.132. The molecule has 28 aromatic carbocycles. The first-order chi connectivity index (χ1) is 33.5. The number of amides is 1. The van der Waals surface area contributed by atoms with Gasteiger partial charge in [0.05, 0.1) is 0 Å². The molecule has 286 valence electrons. The Kier molecular flexibility index (Phi) is 1.98. The molecule has 4 aliphatic carbocycles. The predicted octanol–water partition coefficient (Wildman–Crippen LogP) is 17.5. The smallest absolute Gasteiger partial charge is 0.412 e. The number of benzene rings is 18. The Labute approximate surface area is 369 Å². The summed E-state index contributed by atoms with van der Waals surface area (Å²) in [6.45, 7) is 6.96. The molecule has 2 spiro atoms. The average molecular weight is 836 g/mol. The largest absolute Gasteiger partial charge is 0.429 e. The normalized spacial score (nSPS) is 23.2. The van der Waals surface area contributed by atoms with Crippen LogP contribution in [0.4, 0.5) is 4.79 Å². The van der Waals surface area contributed by atoms with Crippen molar-refractivity contribution in [2.24, 2.45) is 0 Å². The van der Waals surface area contributed by atoms with Crippen LogP contribution in [0.2, 0.25) is 0 Å². The maximum atomic E-state index is 16.2. The summed E-state index contributed by atoms with van der Waals surface area (Å²) in [4.78, 5) is 18.6. The lowest BCUT2D eigenvalue weighted by Gasteiger charge is -2.52. The Bertz CT molecular complexity index is 7000. The number of hydrogen-bond donors (Lipinski definition) is 0. The van der Waals surface area contributed by atoms with Crippen molar-refractivity contribution < 1.29 is 9.53 Å². The molecular weight excluding hydrogens is 827 g/mol. The van der Waals surface area contributed by atoms with E-state index < -0.39 is 16.7 Å². The van der Waals surface area contributed by atoms with E-state index in [1.807, 2.05) is 0 Å². The van der Waals surface area contributed by atoms with Crippen LogP contribution >= 0.6 is 0 Å². The van der Waals surface area contributed by atoms with Crippen molar-refractivity contribution in [2.75, 3.05) is 0 Å². The van der Waals surface area contributed by atoms with Crippen molar-refractivity contribution >= 4 is 297 Å². The van der Waals surface area contributed by atoms with Gasteiger partial charge in [0.2, 0.25) is 0 Å². The second-order valence-electron chi connectivity index (χ2n) is 26.0. The highest BCUT2D eigenvalue weighted by Crippen LogP contribution is 2.86. The van der Waals surface area contributed by atoms with Gasteiger partial charge in [-0.25, -0.2) is 4.79 Å². The van der Waals surface area contributed by atoms with Gasteiger partial charge >= 0.3 is 6.09 Å². The van der Waals surface area contributed by atoms with Crippen LogP contribution in [0.15, 0.2) is 0 Å². The van der Waals surface area contributed by atoms with E-state index in [0.717, 1.165) is 0 Å². The van der Waals surface area contributed by atoms with Crippen LogP contribution in [0.25, 0.3) is 291 Å². The van der Waals surface area contributed by atoms with Crippen LogP contribution in [-0.4, -0.2) is 16.5 Å². The van der Waals surface area contributed by atoms with Crippen LogP contribution in [0.5, 0.6) is 0 Å². The SMILES string of the molecule is CC(C)(C)N1C(=O)OC23c4c5c6c7c8c9c(c%10c%11c2c2c4c4c%12c5c5c6c6c8c8c%13c9c9c%10c%10c%11c%11c2c2c4c4c%12c%12c5c5c6c8c6c8c%13c9c9c%10c%10c%11c2c2c4c4c%12c5c6c5c8c9c%10c2c45)C713. The molecule has 0 atom stereocenters. The Morgan fingerprint density at radius 1 is 0.250 bits per heavy atom. The molecule has 3 heteroatoms. The molecule has 33 rings (SSSR count). The number of nitrogens with zero attached hydrogens (tertiary/aromatic N) is 1. The molecule has 1 saturated heterocycles. The van der Waals surface area contributed by atoms with E-state index in [4.69, 9.17) is 4.74 Å². The van der Waals surface area contributed by atoms with Gasteiger partial charge < -0.3 is 4.74 Å². The standard InChI is InChI=1S/C65H9NO2/c1-63(2,3)66-62(67)68-65-60-54-48-38-26-18-10-6-4-5-8-12(10)20(26)30-24-16(8)17-9(5)13-11-7(4)15-14(6)22-28(18)36-42-32(22)33-23(15)29-19(11)27-21(13)31-25(17)35-34(24)46(40(30)48)56(60)57-47(35)41(31)49-39(27)45-37(29)43(33)51-50(42)58(52(54)44(36)38)64(65,66)59(51)53(45)55(49)61(57)65/h1-3H3. The molecule has 0 N–H and O–H groups in total. The molecule has 3 nitrogen and oxygen atoms in total. The van der Waals surface area contributed by atoms with Gasteiger partial charge in [-0.1, -0.05) is 0 Å². The molecule has 0 radical (unpaired) electrons. The maximum Gasteiger partial charge on any atom is 0.412 e. The van der Waals surface area contributed by atoms with Gasteiger partial charge in [-0.3, -0.25) is 4.90 Å². The quantitative estimate of drug-likeness (QED) is 0.142. The lowest BCUT2D eigenvalue weighted by Crippen LogP contribution is -2.61. The minimum atomic E-state index is -1.03. The number of rotatable bonds is 0. The summed E-state index contributed by atoms with van der Waals surface area (Å²) in [7, 11) is 0. The fourth-order valence-electron chi connectivity index (χ4n) is 24.8. The lowest BCUT2D eigenvalue weighted by atomic mass is 9.58. The van der Waals surface area contributed by atoms with Gasteiger partial charge in [0, 0.05) is 27.8 Å². The highest BCUT2D eigenvalue weighted by atomic mass is 16.6. The van der Waals surface area contributed by atoms with Crippen LogP contribution in [0, 0.1) is 0 Å². The molecule has 0 bridgehead atoms. The molecule has 0 aromatic heterocycles. The van der Waals surface area contributed by atoms with Crippen LogP contribution in [-0.2, 0) is 15.9 Å². The summed E-state index contributed by atoms with van der Waals surface area (Å²) >= 11 is 0. The van der Waals surface area contributed by atoms with E-state index in [0.29, 0.717) is 0 Å². The van der Waals surface area contributed by atoms with Crippen molar-refractivity contribution in [3.8, 4) is 0 Å². The molecule has 0 saturated carbocycles. The Hall–Kier alpha value is -8.27. The number of ether oxygens (including phenoxy) is 1. The highest BCUT2D eigenvalue weighted by Gasteiger charge is 2.79. The second-order valence-corrected chi connectivity index (χ2v) is 26.0. The average Bonchev–Trinajstić information content (AvgIpc) is 4.26. The maximum absolute atomic E-state index is 16.2. The summed E-state index contributed by atoms with van der Waals surface area (Å²) in [5.74, 6) is 0. The van der Waals surface area contributed by atoms with Gasteiger partial charge in [0.25, 0.3) is 0 Å². The van der Waals surface area contributed by atoms with E-state index in [1.54, 1.807) is 205 Å². The third kappa shape index (κ3) is 1.25. The van der Waals surface area contributed by atoms with E-state index >= 15 is 4.79 Å². The fourth-order valence-corrected chi connectivity index (χ4v) is 24.8. The lowest BCUT2D eigenvalue weighted by molar-refractivity contribution is 0.0270. The highest BCUT2D eigenvalue weighted by molar-refractivity contribution is 6.82. The van der Waals surface area contributed by atoms with Crippen molar-refractivity contribution in [3.05, 3.63) is 22.3 Å². The van der Waals surface area contributed by atoms with E-state index in [9.17, 15) is 0 Å². The zero-order valence-corrected chi connectivity index (χ0v) is 35.3. The molecular formula is C65H9NO2. The van der Waals surface area contributed by atoms with Gasteiger partial charge in [-0.15, -0.1) is 0 Å². The topological polar surface area (TPSA) is 29.5 Å². The Morgan fingerprint density at radius 2 is 0.397 bits per heavy atom. The zero-order chi connectivity index (χ0) is 40.8. The van der Waals surface area contributed by atoms with Gasteiger partial charge in [-0.05, 0) is 312 Å². The van der Waals surface area contributed by atoms with Crippen LogP contribution in [0.3, 0.4) is 0 Å². The summed E-state index contributed by atoms with van der Waals surface area (Å²) in [6, 6.07) is 0. The van der Waals surface area contributed by atoms with Crippen LogP contribution < -0.4 is 0 Å². The monoisotopic (exact) mass is 835 g/mol. The summed E-state index contributed by atoms with van der Waals surface area (Å²) in [5.41, 5.74) is 3.18. The first kappa shape index (κ1) is 25.0. The van der Waals surface area contributed by atoms with E-state index in [2.05, 4.69) is 25.7 Å². The fraction of sp³-hybridized carbons (Fsp3) is 0.0923. The molecule has 1 fully saturated rings. The summed E-state index contributed by atoms with van der Waals surface area (Å²) in [6.07, 6.45) is -0.132. The van der Waals surface area contributed by atoms with E-state index in [-0.39, 0.29) is 6.09 Å². The van der Waals surface area contributed by atoms with Crippen molar-refractivity contribution in [2.45, 2.75) is 37.5 Å². The second kappa shape index (κ2) is 5.38. The molecule has 28 aromatic rings. The van der Waals surface area contributed by atoms with E-state index in [1.165, 1.54) is 108 Å². The Balaban J connectivity index is 1.24. The van der Waals surface area contributed by atoms with Gasteiger partial charge in [0.1, 0.15) is 5.54 Å². The summed E-state index contributed by atoms with van der Waals surface area (Å²) in [5, 5.41) is 84.0. The third-order valence-electron chi connectivity index (χ3n) is 24.6. The van der Waals surface area contributed by atoms with Gasteiger partial charge in [0.15, 0.2) is 5.60 Å². The molecule has 1 aliphatic heterocycles. The predicted molar refractivity (Wildman–Crippen MR) is 282 cm³/mol. The minimum Gasteiger partial charge on any atom is -0.429 e. The van der Waals surface area contributed by atoms with Crippen molar-refractivity contribution in [1.82, 2.24) is 4.90 Å². The molecule has 68 heavy (non-hydrogen) atoms. The number of carbonyl (C=O) groups excluding carboxylic acids is 1. The first-order valence-electron chi connectivity index (χ1n) is 25.3. The van der Waals surface area contributed by atoms with Crippen LogP contribution in [0.1, 0.15) is 43.0 Å². The molecule has 1 amide bonds. The summed E-state index contributed by atoms with van der Waals surface area (Å²) < 4.78 is 7.97. The number of hydrogen-bond acceptors (Lipinski definition) is 2. The molecule has 0 unspecified atom stereocenters. The Morgan fingerprint density at radius 3 is 0.559 bits per heavy atom. The van der Waals surface area contributed by atoms with Gasteiger partial charge in [-0.2, -0.15) is 0 Å². The zero-order valence-electron chi connectivity index (χ0n) is 35.3. The molecule has 5 aliphatic rings. The molecule has 1 heterocycles. The van der Waals surface area contributed by atoms with Crippen molar-refractivity contribution in [3.63, 3.8) is 0 Å². The first-order valence-corrected chi connectivity index (χ1v) is 25.3. The van der Waals surface area contributed by atoms with Crippen molar-refractivity contribution in [1.29, 1.82) is 0 Å². The number of carbonyl (C=O) groups is 1.